The van der Waals surface area contributed by atoms with Crippen LogP contribution < -0.4 is 0 Å². The Morgan fingerprint density at radius 1 is 1.36 bits per heavy atom. The van der Waals surface area contributed by atoms with Crippen molar-refractivity contribution < 1.29 is 14.3 Å². The number of likely N-dealkylation sites (tertiary alicyclic amines) is 1. The summed E-state index contributed by atoms with van der Waals surface area (Å²) in [5.41, 5.74) is 0. The van der Waals surface area contributed by atoms with Crippen LogP contribution in [0.25, 0.3) is 0 Å². The summed E-state index contributed by atoms with van der Waals surface area (Å²) in [4.78, 5) is 28.0. The fraction of sp³-hybridized carbons (Fsp3) is 0.882. The summed E-state index contributed by atoms with van der Waals surface area (Å²) in [7, 11) is 1.81. The van der Waals surface area contributed by atoms with Gasteiger partial charge in [-0.3, -0.25) is 9.59 Å². The van der Waals surface area contributed by atoms with Crippen LogP contribution in [-0.4, -0.2) is 61.0 Å². The molecule has 126 valence electrons. The Labute approximate surface area is 134 Å². The van der Waals surface area contributed by atoms with Gasteiger partial charge in [0.1, 0.15) is 6.61 Å². The molecule has 0 radical (unpaired) electrons. The highest BCUT2D eigenvalue weighted by Crippen LogP contribution is 2.29. The Morgan fingerprint density at radius 3 is 2.77 bits per heavy atom. The van der Waals surface area contributed by atoms with E-state index < -0.39 is 0 Å². The number of amides is 2. The second kappa shape index (κ2) is 8.51. The van der Waals surface area contributed by atoms with Gasteiger partial charge in [-0.25, -0.2) is 0 Å². The predicted octanol–water partition coefficient (Wildman–Crippen LogP) is 2.05. The third-order valence-corrected chi connectivity index (χ3v) is 4.83. The second-order valence-electron chi connectivity index (χ2n) is 6.73. The van der Waals surface area contributed by atoms with Crippen molar-refractivity contribution >= 4 is 11.8 Å². The minimum Gasteiger partial charge on any atom is -0.372 e. The van der Waals surface area contributed by atoms with E-state index in [-0.39, 0.29) is 24.3 Å². The Hall–Kier alpha value is -1.10. The molecule has 1 aliphatic carbocycles. The van der Waals surface area contributed by atoms with E-state index in [1.54, 1.807) is 4.90 Å². The van der Waals surface area contributed by atoms with Gasteiger partial charge in [-0.1, -0.05) is 26.2 Å². The Morgan fingerprint density at radius 2 is 2.09 bits per heavy atom. The van der Waals surface area contributed by atoms with Crippen LogP contribution >= 0.6 is 0 Å². The zero-order chi connectivity index (χ0) is 15.9. The molecule has 5 nitrogen and oxygen atoms in total. The number of hydrogen-bond donors (Lipinski definition) is 0. The van der Waals surface area contributed by atoms with Crippen LogP contribution in [0, 0.1) is 5.92 Å². The molecule has 0 bridgehead atoms. The van der Waals surface area contributed by atoms with Crippen molar-refractivity contribution in [3.05, 3.63) is 0 Å². The van der Waals surface area contributed by atoms with Gasteiger partial charge in [0, 0.05) is 45.1 Å². The van der Waals surface area contributed by atoms with Crippen LogP contribution in [0.4, 0.5) is 0 Å². The van der Waals surface area contributed by atoms with E-state index in [1.165, 1.54) is 12.8 Å². The Balaban J connectivity index is 1.71. The molecule has 1 unspecified atom stereocenters. The molecular formula is C17H30N2O3. The number of likely N-dealkylation sites (N-methyl/N-ethyl adjacent to an activating group) is 1. The van der Waals surface area contributed by atoms with Crippen molar-refractivity contribution in [1.82, 2.24) is 9.80 Å². The molecule has 0 N–H and O–H groups in total. The maximum atomic E-state index is 12.2. The van der Waals surface area contributed by atoms with Crippen LogP contribution in [0.5, 0.6) is 0 Å². The van der Waals surface area contributed by atoms with Crippen LogP contribution in [0.2, 0.25) is 0 Å². The second-order valence-corrected chi connectivity index (χ2v) is 6.73. The Kier molecular flexibility index (Phi) is 6.68. The number of carbonyl (C=O) groups is 2. The lowest BCUT2D eigenvalue weighted by molar-refractivity contribution is -0.135. The lowest BCUT2D eigenvalue weighted by Crippen LogP contribution is -2.37. The van der Waals surface area contributed by atoms with Crippen LogP contribution in [0.3, 0.4) is 0 Å². The molecule has 1 heterocycles. The van der Waals surface area contributed by atoms with Crippen molar-refractivity contribution in [3.63, 3.8) is 0 Å². The third-order valence-electron chi connectivity index (χ3n) is 4.83. The first kappa shape index (κ1) is 17.3. The highest BCUT2D eigenvalue weighted by molar-refractivity contribution is 5.80. The maximum Gasteiger partial charge on any atom is 0.248 e. The van der Waals surface area contributed by atoms with Crippen LogP contribution in [-0.2, 0) is 14.3 Å². The average Bonchev–Trinajstić information content (AvgIpc) is 3.12. The van der Waals surface area contributed by atoms with E-state index in [0.717, 1.165) is 32.2 Å². The number of ether oxygens (including phenoxy) is 1. The molecule has 0 aromatic heterocycles. The van der Waals surface area contributed by atoms with E-state index in [9.17, 15) is 9.59 Å². The van der Waals surface area contributed by atoms with Crippen molar-refractivity contribution in [2.45, 2.75) is 57.9 Å². The van der Waals surface area contributed by atoms with Gasteiger partial charge in [0.2, 0.25) is 11.8 Å². The quantitative estimate of drug-likeness (QED) is 0.645. The number of nitrogens with zero attached hydrogens (tertiary/aromatic N) is 2. The minimum atomic E-state index is 0.0165. The highest BCUT2D eigenvalue weighted by Gasteiger charge is 2.36. The van der Waals surface area contributed by atoms with E-state index in [2.05, 4.69) is 11.8 Å². The third kappa shape index (κ3) is 4.70. The summed E-state index contributed by atoms with van der Waals surface area (Å²) in [5, 5.41) is 0. The molecule has 22 heavy (non-hydrogen) atoms. The largest absolute Gasteiger partial charge is 0.372 e. The van der Waals surface area contributed by atoms with Gasteiger partial charge in [0.05, 0.1) is 0 Å². The van der Waals surface area contributed by atoms with Crippen molar-refractivity contribution in [2.75, 3.05) is 33.4 Å². The van der Waals surface area contributed by atoms with Gasteiger partial charge in [-0.15, -0.1) is 0 Å². The first-order valence-corrected chi connectivity index (χ1v) is 8.73. The van der Waals surface area contributed by atoms with Crippen LogP contribution in [0.1, 0.15) is 51.9 Å². The average molecular weight is 310 g/mol. The molecule has 0 aromatic rings. The standard InChI is InChI=1S/C17H30N2O3/c1-3-4-9-22-13-17(21)18(2)11-14-10-16(20)19(12-14)15-7-5-6-8-15/h14-15H,3-13H2,1-2H3. The zero-order valence-electron chi connectivity index (χ0n) is 14.1. The highest BCUT2D eigenvalue weighted by atomic mass is 16.5. The number of unbranched alkanes of at least 4 members (excludes halogenated alkanes) is 1. The molecule has 2 rings (SSSR count). The summed E-state index contributed by atoms with van der Waals surface area (Å²) in [6, 6.07) is 0.455. The summed E-state index contributed by atoms with van der Waals surface area (Å²) in [6.07, 6.45) is 7.44. The number of carbonyl (C=O) groups excluding carboxylic acids is 2. The van der Waals surface area contributed by atoms with E-state index in [4.69, 9.17) is 4.74 Å². The SMILES string of the molecule is CCCCOCC(=O)N(C)CC1CC(=O)N(C2CCCC2)C1. The van der Waals surface area contributed by atoms with Crippen molar-refractivity contribution in [2.24, 2.45) is 5.92 Å². The lowest BCUT2D eigenvalue weighted by atomic mass is 10.1. The van der Waals surface area contributed by atoms with Gasteiger partial charge in [0.25, 0.3) is 0 Å². The summed E-state index contributed by atoms with van der Waals surface area (Å²) >= 11 is 0. The fourth-order valence-corrected chi connectivity index (χ4v) is 3.50. The smallest absolute Gasteiger partial charge is 0.248 e. The molecule has 0 spiro atoms. The molecule has 1 aliphatic heterocycles. The van der Waals surface area contributed by atoms with Crippen molar-refractivity contribution in [1.29, 1.82) is 0 Å². The van der Waals surface area contributed by atoms with E-state index >= 15 is 0 Å². The molecule has 1 saturated heterocycles. The Bertz CT molecular complexity index is 380. The maximum absolute atomic E-state index is 12.2. The lowest BCUT2D eigenvalue weighted by Gasteiger charge is -2.25. The van der Waals surface area contributed by atoms with E-state index in [1.807, 2.05) is 7.05 Å². The van der Waals surface area contributed by atoms with Gasteiger partial charge in [-0.05, 0) is 19.3 Å². The van der Waals surface area contributed by atoms with E-state index in [0.29, 0.717) is 25.6 Å². The van der Waals surface area contributed by atoms with Gasteiger partial charge < -0.3 is 14.5 Å². The summed E-state index contributed by atoms with van der Waals surface area (Å²) in [5.74, 6) is 0.567. The molecule has 2 fully saturated rings. The molecule has 0 aromatic carbocycles. The zero-order valence-corrected chi connectivity index (χ0v) is 14.1. The molecule has 2 amide bonds. The first-order valence-electron chi connectivity index (χ1n) is 8.73. The fourth-order valence-electron chi connectivity index (χ4n) is 3.50. The van der Waals surface area contributed by atoms with Gasteiger partial charge >= 0.3 is 0 Å². The minimum absolute atomic E-state index is 0.0165. The van der Waals surface area contributed by atoms with Crippen molar-refractivity contribution in [3.8, 4) is 0 Å². The number of rotatable bonds is 8. The monoisotopic (exact) mass is 310 g/mol. The van der Waals surface area contributed by atoms with Gasteiger partial charge in [0.15, 0.2) is 0 Å². The normalized spacial score (nSPS) is 22.5. The van der Waals surface area contributed by atoms with Gasteiger partial charge in [-0.2, -0.15) is 0 Å². The molecule has 2 aliphatic rings. The van der Waals surface area contributed by atoms with Crippen LogP contribution in [0.15, 0.2) is 0 Å². The molecule has 1 saturated carbocycles. The predicted molar refractivity (Wildman–Crippen MR) is 85.4 cm³/mol. The first-order chi connectivity index (χ1) is 10.6. The molecular weight excluding hydrogens is 280 g/mol. The molecule has 5 heteroatoms. The summed E-state index contributed by atoms with van der Waals surface area (Å²) in [6.45, 7) is 4.38. The molecule has 1 atom stereocenters. The summed E-state index contributed by atoms with van der Waals surface area (Å²) < 4.78 is 5.38. The number of hydrogen-bond acceptors (Lipinski definition) is 3. The topological polar surface area (TPSA) is 49.9 Å².